The van der Waals surface area contributed by atoms with Crippen molar-refractivity contribution in [1.82, 2.24) is 20.4 Å². The van der Waals surface area contributed by atoms with Gasteiger partial charge in [0, 0.05) is 27.1 Å². The van der Waals surface area contributed by atoms with Gasteiger partial charge < -0.3 is 14.7 Å². The Balaban J connectivity index is 2.23. The lowest BCUT2D eigenvalue weighted by Crippen LogP contribution is -2.42. The number of carbonyl (C=O) groups excluding carboxylic acids is 1. The molecule has 1 amide bonds. The Morgan fingerprint density at radius 3 is 2.93 bits per heavy atom. The van der Waals surface area contributed by atoms with Gasteiger partial charge >= 0.3 is 0 Å². The van der Waals surface area contributed by atoms with Crippen LogP contribution >= 0.6 is 0 Å². The predicted octanol–water partition coefficient (Wildman–Crippen LogP) is -0.322. The highest BCUT2D eigenvalue weighted by atomic mass is 16.5. The summed E-state index contributed by atoms with van der Waals surface area (Å²) in [4.78, 5) is 16.9. The summed E-state index contributed by atoms with van der Waals surface area (Å²) in [5.74, 6) is 0.632. The maximum atomic E-state index is 11.4. The molecule has 0 aliphatic heterocycles. The molecule has 1 aromatic heterocycles. The molecule has 6 nitrogen and oxygen atoms in total. The minimum Gasteiger partial charge on any atom is -0.347 e. The van der Waals surface area contributed by atoms with E-state index in [1.54, 1.807) is 19.0 Å². The standard InChI is InChI=1S/C9H16N4O2/c1-7(9(14)13(2)3)10-5-4-8-11-6-12-15-8/h6-7,10H,4-5H2,1-3H3. The molecule has 1 unspecified atom stereocenters. The molecule has 6 heteroatoms. The fourth-order valence-corrected chi connectivity index (χ4v) is 1.18. The molecular formula is C9H16N4O2. The van der Waals surface area contributed by atoms with E-state index in [-0.39, 0.29) is 11.9 Å². The summed E-state index contributed by atoms with van der Waals surface area (Å²) in [6, 6.07) is -0.192. The van der Waals surface area contributed by atoms with Gasteiger partial charge in [0.15, 0.2) is 6.33 Å². The van der Waals surface area contributed by atoms with Gasteiger partial charge in [0.1, 0.15) is 0 Å². The van der Waals surface area contributed by atoms with Gasteiger partial charge in [-0.15, -0.1) is 0 Å². The van der Waals surface area contributed by atoms with Gasteiger partial charge in [-0.3, -0.25) is 4.79 Å². The quantitative estimate of drug-likeness (QED) is 0.724. The first kappa shape index (κ1) is 11.6. The van der Waals surface area contributed by atoms with E-state index in [4.69, 9.17) is 4.52 Å². The molecule has 0 saturated heterocycles. The number of carbonyl (C=O) groups is 1. The second-order valence-corrected chi connectivity index (χ2v) is 3.49. The topological polar surface area (TPSA) is 71.3 Å². The van der Waals surface area contributed by atoms with Crippen LogP contribution in [0.3, 0.4) is 0 Å². The molecule has 0 spiro atoms. The Kier molecular flexibility index (Phi) is 4.23. The summed E-state index contributed by atoms with van der Waals surface area (Å²) in [6.45, 7) is 2.47. The zero-order valence-electron chi connectivity index (χ0n) is 9.23. The van der Waals surface area contributed by atoms with Crippen molar-refractivity contribution < 1.29 is 9.32 Å². The summed E-state index contributed by atoms with van der Waals surface area (Å²) in [7, 11) is 3.47. The molecule has 15 heavy (non-hydrogen) atoms. The summed E-state index contributed by atoms with van der Waals surface area (Å²) in [6.07, 6.45) is 1.99. The van der Waals surface area contributed by atoms with Crippen LogP contribution in [0.2, 0.25) is 0 Å². The van der Waals surface area contributed by atoms with E-state index >= 15 is 0 Å². The molecule has 0 aromatic carbocycles. The van der Waals surface area contributed by atoms with Crippen LogP contribution in [0.4, 0.5) is 0 Å². The number of rotatable bonds is 5. The second-order valence-electron chi connectivity index (χ2n) is 3.49. The van der Waals surface area contributed by atoms with Gasteiger partial charge in [-0.05, 0) is 6.92 Å². The van der Waals surface area contributed by atoms with Crippen LogP contribution in [0.1, 0.15) is 12.8 Å². The first-order valence-corrected chi connectivity index (χ1v) is 4.81. The fourth-order valence-electron chi connectivity index (χ4n) is 1.18. The van der Waals surface area contributed by atoms with Crippen molar-refractivity contribution in [1.29, 1.82) is 0 Å². The van der Waals surface area contributed by atoms with Crippen molar-refractivity contribution >= 4 is 5.91 Å². The molecule has 1 aromatic rings. The smallest absolute Gasteiger partial charge is 0.238 e. The average Bonchev–Trinajstić information content (AvgIpc) is 2.69. The lowest BCUT2D eigenvalue weighted by atomic mass is 10.3. The number of likely N-dealkylation sites (N-methyl/N-ethyl adjacent to an activating group) is 1. The van der Waals surface area contributed by atoms with E-state index < -0.39 is 0 Å². The number of hydrogen-bond donors (Lipinski definition) is 1. The molecule has 0 saturated carbocycles. The SMILES string of the molecule is CC(NCCc1ncno1)C(=O)N(C)C. The van der Waals surface area contributed by atoms with Crippen molar-refractivity contribution in [3.63, 3.8) is 0 Å². The van der Waals surface area contributed by atoms with E-state index in [2.05, 4.69) is 15.5 Å². The number of nitrogens with one attached hydrogen (secondary N) is 1. The molecule has 84 valence electrons. The Morgan fingerprint density at radius 2 is 2.40 bits per heavy atom. The Hall–Kier alpha value is -1.43. The summed E-state index contributed by atoms with van der Waals surface area (Å²) in [5.41, 5.74) is 0. The van der Waals surface area contributed by atoms with Gasteiger partial charge in [0.25, 0.3) is 0 Å². The molecule has 0 fully saturated rings. The minimum absolute atomic E-state index is 0.0560. The number of amides is 1. The van der Waals surface area contributed by atoms with Crippen molar-refractivity contribution in [3.05, 3.63) is 12.2 Å². The van der Waals surface area contributed by atoms with Crippen LogP contribution in [-0.4, -0.2) is 47.6 Å². The highest BCUT2D eigenvalue weighted by Crippen LogP contribution is 1.93. The highest BCUT2D eigenvalue weighted by molar-refractivity contribution is 5.80. The maximum Gasteiger partial charge on any atom is 0.238 e. The van der Waals surface area contributed by atoms with Gasteiger partial charge in [-0.2, -0.15) is 4.98 Å². The lowest BCUT2D eigenvalue weighted by Gasteiger charge is -2.17. The maximum absolute atomic E-state index is 11.4. The van der Waals surface area contributed by atoms with Gasteiger partial charge in [0.05, 0.1) is 6.04 Å². The summed E-state index contributed by atoms with van der Waals surface area (Å²) >= 11 is 0. The third-order valence-corrected chi connectivity index (χ3v) is 2.01. The number of hydrogen-bond acceptors (Lipinski definition) is 5. The van der Waals surface area contributed by atoms with Crippen LogP contribution in [0.5, 0.6) is 0 Å². The molecule has 0 aliphatic carbocycles. The van der Waals surface area contributed by atoms with Crippen LogP contribution in [0, 0.1) is 0 Å². The molecule has 1 rings (SSSR count). The Bertz CT molecular complexity index is 297. The monoisotopic (exact) mass is 212 g/mol. The van der Waals surface area contributed by atoms with Crippen LogP contribution < -0.4 is 5.32 Å². The molecular weight excluding hydrogens is 196 g/mol. The molecule has 0 radical (unpaired) electrons. The molecule has 0 aliphatic rings. The van der Waals surface area contributed by atoms with Crippen molar-refractivity contribution in [2.45, 2.75) is 19.4 Å². The van der Waals surface area contributed by atoms with Crippen molar-refractivity contribution in [2.75, 3.05) is 20.6 Å². The number of aromatic nitrogens is 2. The average molecular weight is 212 g/mol. The van der Waals surface area contributed by atoms with E-state index in [1.807, 2.05) is 6.92 Å². The lowest BCUT2D eigenvalue weighted by molar-refractivity contribution is -0.130. The molecule has 1 N–H and O–H groups in total. The summed E-state index contributed by atoms with van der Waals surface area (Å²) < 4.78 is 4.83. The van der Waals surface area contributed by atoms with E-state index in [1.165, 1.54) is 6.33 Å². The third-order valence-electron chi connectivity index (χ3n) is 2.01. The Labute approximate surface area is 88.6 Å². The predicted molar refractivity (Wildman–Crippen MR) is 54.2 cm³/mol. The normalized spacial score (nSPS) is 12.5. The van der Waals surface area contributed by atoms with Gasteiger partial charge in [-0.1, -0.05) is 5.16 Å². The first-order valence-electron chi connectivity index (χ1n) is 4.81. The van der Waals surface area contributed by atoms with Crippen molar-refractivity contribution in [3.8, 4) is 0 Å². The third kappa shape index (κ3) is 3.67. The first-order chi connectivity index (χ1) is 7.11. The second kappa shape index (κ2) is 5.45. The van der Waals surface area contributed by atoms with Crippen molar-refractivity contribution in [2.24, 2.45) is 0 Å². The molecule has 1 atom stereocenters. The Morgan fingerprint density at radius 1 is 1.67 bits per heavy atom. The van der Waals surface area contributed by atoms with E-state index in [9.17, 15) is 4.79 Å². The summed E-state index contributed by atoms with van der Waals surface area (Å²) in [5, 5.41) is 6.58. The van der Waals surface area contributed by atoms with E-state index in [0.717, 1.165) is 0 Å². The fraction of sp³-hybridized carbons (Fsp3) is 0.667. The van der Waals surface area contributed by atoms with Crippen LogP contribution in [0.25, 0.3) is 0 Å². The van der Waals surface area contributed by atoms with Crippen LogP contribution in [-0.2, 0) is 11.2 Å². The zero-order chi connectivity index (χ0) is 11.3. The van der Waals surface area contributed by atoms with Gasteiger partial charge in [0.2, 0.25) is 11.8 Å². The molecule has 0 bridgehead atoms. The highest BCUT2D eigenvalue weighted by Gasteiger charge is 2.13. The zero-order valence-corrected chi connectivity index (χ0v) is 9.23. The number of nitrogens with zero attached hydrogens (tertiary/aromatic N) is 3. The molecule has 1 heterocycles. The largest absolute Gasteiger partial charge is 0.347 e. The van der Waals surface area contributed by atoms with E-state index in [0.29, 0.717) is 18.9 Å². The van der Waals surface area contributed by atoms with Gasteiger partial charge in [-0.25, -0.2) is 0 Å². The van der Waals surface area contributed by atoms with Crippen LogP contribution in [0.15, 0.2) is 10.9 Å². The minimum atomic E-state index is -0.192.